The summed E-state index contributed by atoms with van der Waals surface area (Å²) >= 11 is 0. The first kappa shape index (κ1) is 34.6. The van der Waals surface area contributed by atoms with Crippen molar-refractivity contribution in [3.05, 3.63) is 59.7 Å². The Balaban J connectivity index is 2.27. The molecule has 1 saturated carbocycles. The van der Waals surface area contributed by atoms with Crippen molar-refractivity contribution in [2.75, 3.05) is 0 Å². The van der Waals surface area contributed by atoms with E-state index in [1.165, 1.54) is 48.5 Å². The lowest BCUT2D eigenvalue weighted by Gasteiger charge is -2.46. The molecule has 2 aromatic carbocycles. The average Bonchev–Trinajstić information content (AvgIpc) is 2.89. The Morgan fingerprint density at radius 2 is 0.682 bits per heavy atom. The van der Waals surface area contributed by atoms with Crippen molar-refractivity contribution in [2.24, 2.45) is 0 Å². The van der Waals surface area contributed by atoms with Gasteiger partial charge in [0.15, 0.2) is 36.6 Å². The van der Waals surface area contributed by atoms with Crippen LogP contribution in [0.15, 0.2) is 58.3 Å². The Morgan fingerprint density at radius 3 is 0.932 bits per heavy atom. The molecule has 0 aromatic heterocycles. The Labute approximate surface area is 254 Å². The molecular weight excluding hydrogens is 624 g/mol. The van der Waals surface area contributed by atoms with E-state index in [0.717, 1.165) is 27.7 Å². The minimum absolute atomic E-state index is 0.359. The number of rotatable bonds is 10. The summed E-state index contributed by atoms with van der Waals surface area (Å²) in [6.45, 7) is 7.19. The van der Waals surface area contributed by atoms with Gasteiger partial charge in [-0.1, -0.05) is 35.4 Å². The minimum atomic E-state index is -4.77. The maximum absolute atomic E-state index is 13.5. The second-order valence-electron chi connectivity index (χ2n) is 9.95. The van der Waals surface area contributed by atoms with Crippen LogP contribution in [0.5, 0.6) is 0 Å². The van der Waals surface area contributed by atoms with Crippen LogP contribution in [0.25, 0.3) is 0 Å². The molecule has 3 rings (SSSR count). The quantitative estimate of drug-likeness (QED) is 0.204. The van der Waals surface area contributed by atoms with Crippen molar-refractivity contribution in [2.45, 2.75) is 88.0 Å². The van der Waals surface area contributed by atoms with Crippen LogP contribution in [0.1, 0.15) is 38.8 Å². The fourth-order valence-corrected chi connectivity index (χ4v) is 6.64. The highest BCUT2D eigenvalue weighted by Crippen LogP contribution is 2.37. The van der Waals surface area contributed by atoms with Crippen LogP contribution < -0.4 is 0 Å². The van der Waals surface area contributed by atoms with Crippen LogP contribution in [0.2, 0.25) is 0 Å². The molecule has 1 aliphatic rings. The smallest absolute Gasteiger partial charge is 0.303 e. The van der Waals surface area contributed by atoms with E-state index in [4.69, 9.17) is 27.3 Å². The summed E-state index contributed by atoms with van der Waals surface area (Å²) in [4.78, 5) is 48.3. The molecule has 4 unspecified atom stereocenters. The third-order valence-corrected chi connectivity index (χ3v) is 8.90. The third kappa shape index (κ3) is 8.62. The number of esters is 4. The molecule has 14 nitrogen and oxygen atoms in total. The third-order valence-electron chi connectivity index (χ3n) is 6.25. The summed E-state index contributed by atoms with van der Waals surface area (Å²) in [5.74, 6) is -4.13. The number of hydrogen-bond donors (Lipinski definition) is 0. The zero-order valence-electron chi connectivity index (χ0n) is 24.6. The molecule has 44 heavy (non-hydrogen) atoms. The first-order chi connectivity index (χ1) is 20.4. The lowest BCUT2D eigenvalue weighted by molar-refractivity contribution is -0.242. The molecule has 0 heterocycles. The van der Waals surface area contributed by atoms with Crippen molar-refractivity contribution < 1.29 is 63.3 Å². The Kier molecular flexibility index (Phi) is 10.9. The number of benzene rings is 2. The Morgan fingerprint density at radius 1 is 0.455 bits per heavy atom. The van der Waals surface area contributed by atoms with Crippen molar-refractivity contribution in [3.63, 3.8) is 0 Å². The Bertz CT molecular complexity index is 1490. The van der Waals surface area contributed by atoms with Gasteiger partial charge in [-0.3, -0.25) is 27.5 Å². The van der Waals surface area contributed by atoms with Crippen molar-refractivity contribution in [1.29, 1.82) is 0 Å². The SMILES string of the molecule is CC(=O)OC1C(OC(C)=O)C(OS(=O)(=O)c2ccc(C)cc2)C(OC(C)=O)C(OS(=O)(=O)c2ccc(C)cc2)C1OC(C)=O. The van der Waals surface area contributed by atoms with Crippen molar-refractivity contribution in [3.8, 4) is 0 Å². The van der Waals surface area contributed by atoms with Gasteiger partial charge in [-0.05, 0) is 38.1 Å². The second kappa shape index (κ2) is 13.8. The highest BCUT2D eigenvalue weighted by atomic mass is 32.2. The predicted molar refractivity (Wildman–Crippen MR) is 149 cm³/mol. The van der Waals surface area contributed by atoms with Crippen LogP contribution in [0.4, 0.5) is 0 Å². The summed E-state index contributed by atoms with van der Waals surface area (Å²) in [6.07, 6.45) is -11.9. The van der Waals surface area contributed by atoms with Gasteiger partial charge >= 0.3 is 23.9 Å². The van der Waals surface area contributed by atoms with Gasteiger partial charge in [-0.2, -0.15) is 16.8 Å². The van der Waals surface area contributed by atoms with Gasteiger partial charge in [0, 0.05) is 27.7 Å². The fraction of sp³-hybridized carbons (Fsp3) is 0.429. The highest BCUT2D eigenvalue weighted by molar-refractivity contribution is 7.87. The number of hydrogen-bond acceptors (Lipinski definition) is 14. The molecule has 240 valence electrons. The van der Waals surface area contributed by atoms with E-state index in [-0.39, 0.29) is 9.79 Å². The van der Waals surface area contributed by atoms with E-state index in [1.807, 2.05) is 0 Å². The summed E-state index contributed by atoms with van der Waals surface area (Å²) in [7, 11) is -9.53. The van der Waals surface area contributed by atoms with Crippen LogP contribution in [-0.4, -0.2) is 77.3 Å². The molecule has 0 spiro atoms. The topological polar surface area (TPSA) is 192 Å². The van der Waals surface area contributed by atoms with E-state index in [0.29, 0.717) is 11.1 Å². The largest absolute Gasteiger partial charge is 0.457 e. The molecule has 0 N–H and O–H groups in total. The molecule has 0 saturated heterocycles. The summed E-state index contributed by atoms with van der Waals surface area (Å²) in [5.41, 5.74) is 1.43. The molecule has 0 aliphatic heterocycles. The lowest BCUT2D eigenvalue weighted by atomic mass is 9.84. The van der Waals surface area contributed by atoms with Gasteiger partial charge in [-0.15, -0.1) is 0 Å². The molecule has 1 aliphatic carbocycles. The minimum Gasteiger partial charge on any atom is -0.457 e. The van der Waals surface area contributed by atoms with E-state index >= 15 is 0 Å². The number of carbonyl (C=O) groups is 4. The lowest BCUT2D eigenvalue weighted by Crippen LogP contribution is -2.68. The number of ether oxygens (including phenoxy) is 4. The maximum Gasteiger partial charge on any atom is 0.303 e. The van der Waals surface area contributed by atoms with Gasteiger partial charge in [-0.25, -0.2) is 0 Å². The monoisotopic (exact) mass is 656 g/mol. The van der Waals surface area contributed by atoms with Gasteiger partial charge in [0.2, 0.25) is 0 Å². The first-order valence-electron chi connectivity index (χ1n) is 13.1. The zero-order chi connectivity index (χ0) is 33.0. The van der Waals surface area contributed by atoms with E-state index < -0.39 is 80.7 Å². The Hall–Kier alpha value is -3.86. The second-order valence-corrected chi connectivity index (χ2v) is 13.1. The van der Waals surface area contributed by atoms with Gasteiger partial charge in [0.25, 0.3) is 20.2 Å². The van der Waals surface area contributed by atoms with E-state index in [1.54, 1.807) is 13.8 Å². The summed E-state index contributed by atoms with van der Waals surface area (Å²) < 4.78 is 86.1. The van der Waals surface area contributed by atoms with Crippen LogP contribution >= 0.6 is 0 Å². The molecule has 4 atom stereocenters. The summed E-state index contributed by atoms with van der Waals surface area (Å²) in [5, 5.41) is 0. The molecule has 16 heteroatoms. The standard InChI is InChI=1S/C28H32O14S2/c1-15-7-11-21(12-8-15)43(33,34)41-27-24(38-18(4)30)23(37-17(3)29)25(39-19(5)31)28(26(27)40-20(6)32)42-44(35,36)22-13-9-16(2)10-14-22/h7-14,23-28H,1-6H3. The van der Waals surface area contributed by atoms with E-state index in [9.17, 15) is 36.0 Å². The normalized spacial score (nSPS) is 23.7. The van der Waals surface area contributed by atoms with Gasteiger partial charge < -0.3 is 18.9 Å². The predicted octanol–water partition coefficient (Wildman–Crippen LogP) is 1.89. The highest BCUT2D eigenvalue weighted by Gasteiger charge is 2.61. The number of aryl methyl sites for hydroxylation is 2. The molecule has 2 aromatic rings. The van der Waals surface area contributed by atoms with Crippen molar-refractivity contribution >= 4 is 44.1 Å². The maximum atomic E-state index is 13.5. The van der Waals surface area contributed by atoms with Crippen molar-refractivity contribution in [1.82, 2.24) is 0 Å². The van der Waals surface area contributed by atoms with Crippen LogP contribution in [0, 0.1) is 13.8 Å². The van der Waals surface area contributed by atoms with Gasteiger partial charge in [0.1, 0.15) is 0 Å². The first-order valence-corrected chi connectivity index (χ1v) is 15.9. The summed E-state index contributed by atoms with van der Waals surface area (Å²) in [6, 6.07) is 10.8. The molecule has 0 radical (unpaired) electrons. The van der Waals surface area contributed by atoms with Crippen LogP contribution in [0.3, 0.4) is 0 Å². The zero-order valence-corrected chi connectivity index (χ0v) is 26.2. The molecular formula is C28H32O14S2. The van der Waals surface area contributed by atoms with Gasteiger partial charge in [0.05, 0.1) is 9.79 Å². The number of carbonyl (C=O) groups excluding carboxylic acids is 4. The fourth-order valence-electron chi connectivity index (χ4n) is 4.46. The van der Waals surface area contributed by atoms with E-state index in [2.05, 4.69) is 0 Å². The molecule has 0 amide bonds. The molecule has 0 bridgehead atoms. The molecule has 1 fully saturated rings. The average molecular weight is 657 g/mol. The van der Waals surface area contributed by atoms with Crippen LogP contribution in [-0.2, 0) is 66.7 Å².